The van der Waals surface area contributed by atoms with Gasteiger partial charge in [-0.3, -0.25) is 0 Å². The van der Waals surface area contributed by atoms with Crippen LogP contribution in [0.1, 0.15) is 37.3 Å². The number of ether oxygens (including phenoxy) is 1. The quantitative estimate of drug-likeness (QED) is 0.727. The van der Waals surface area contributed by atoms with E-state index in [1.807, 2.05) is 31.2 Å². The predicted octanol–water partition coefficient (Wildman–Crippen LogP) is 5.33. The highest BCUT2D eigenvalue weighted by Crippen LogP contribution is 2.28. The lowest BCUT2D eigenvalue weighted by molar-refractivity contribution is 0.417. The molecule has 122 valence electrons. The number of anilines is 2. The Morgan fingerprint density at radius 1 is 1.13 bits per heavy atom. The van der Waals surface area contributed by atoms with Crippen LogP contribution in [-0.2, 0) is 0 Å². The highest BCUT2D eigenvalue weighted by molar-refractivity contribution is 7.80. The number of benzene rings is 2. The summed E-state index contributed by atoms with van der Waals surface area (Å²) in [6, 6.07) is 14.3. The van der Waals surface area contributed by atoms with Gasteiger partial charge in [0.15, 0.2) is 5.11 Å². The fourth-order valence-electron chi connectivity index (χ4n) is 2.46. The van der Waals surface area contributed by atoms with Crippen molar-refractivity contribution in [3.8, 4) is 5.75 Å². The van der Waals surface area contributed by atoms with E-state index >= 15 is 0 Å². The van der Waals surface area contributed by atoms with Crippen LogP contribution in [0.25, 0.3) is 0 Å². The molecule has 2 aromatic carbocycles. The summed E-state index contributed by atoms with van der Waals surface area (Å²) in [6.07, 6.45) is 1.09. The Labute approximate surface area is 144 Å². The zero-order valence-corrected chi connectivity index (χ0v) is 15.0. The lowest BCUT2D eigenvalue weighted by atomic mass is 9.97. The molecule has 3 nitrogen and oxygen atoms in total. The molecule has 2 rings (SSSR count). The van der Waals surface area contributed by atoms with Crippen molar-refractivity contribution in [3.05, 3.63) is 53.6 Å². The van der Waals surface area contributed by atoms with Crippen molar-refractivity contribution in [1.82, 2.24) is 0 Å². The Balaban J connectivity index is 2.16. The second-order valence-corrected chi connectivity index (χ2v) is 6.09. The van der Waals surface area contributed by atoms with E-state index < -0.39 is 0 Å². The summed E-state index contributed by atoms with van der Waals surface area (Å²) in [7, 11) is 1.66. The summed E-state index contributed by atoms with van der Waals surface area (Å²) in [4.78, 5) is 0. The second kappa shape index (κ2) is 7.97. The summed E-state index contributed by atoms with van der Waals surface area (Å²) < 4.78 is 5.38. The fraction of sp³-hybridized carbons (Fsp3) is 0.316. The largest absolute Gasteiger partial charge is 0.495 e. The van der Waals surface area contributed by atoms with Gasteiger partial charge in [-0.25, -0.2) is 0 Å². The van der Waals surface area contributed by atoms with E-state index in [9.17, 15) is 0 Å². The molecule has 0 saturated carbocycles. The maximum Gasteiger partial charge on any atom is 0.175 e. The van der Waals surface area contributed by atoms with Gasteiger partial charge in [0.1, 0.15) is 5.75 Å². The lowest BCUT2D eigenvalue weighted by Gasteiger charge is -2.18. The number of aryl methyl sites for hydroxylation is 1. The van der Waals surface area contributed by atoms with Crippen LogP contribution < -0.4 is 15.4 Å². The Bertz CT molecular complexity index is 685. The smallest absolute Gasteiger partial charge is 0.175 e. The Morgan fingerprint density at radius 3 is 2.52 bits per heavy atom. The first-order valence-corrected chi connectivity index (χ1v) is 8.27. The second-order valence-electron chi connectivity index (χ2n) is 5.68. The number of hydrogen-bond donors (Lipinski definition) is 2. The molecule has 0 fully saturated rings. The van der Waals surface area contributed by atoms with Gasteiger partial charge in [0.25, 0.3) is 0 Å². The number of rotatable bonds is 5. The van der Waals surface area contributed by atoms with Crippen LogP contribution in [0.3, 0.4) is 0 Å². The maximum atomic E-state index is 5.47. The molecule has 0 aromatic heterocycles. The number of hydrogen-bond acceptors (Lipinski definition) is 2. The van der Waals surface area contributed by atoms with Gasteiger partial charge in [-0.1, -0.05) is 38.1 Å². The molecule has 0 aliphatic carbocycles. The number of methoxy groups -OCH3 is 1. The first-order valence-electron chi connectivity index (χ1n) is 7.86. The first-order chi connectivity index (χ1) is 11.0. The molecule has 1 atom stereocenters. The van der Waals surface area contributed by atoms with Crippen molar-refractivity contribution < 1.29 is 4.74 Å². The van der Waals surface area contributed by atoms with Gasteiger partial charge in [0.2, 0.25) is 0 Å². The normalized spacial score (nSPS) is 11.7. The molecule has 23 heavy (non-hydrogen) atoms. The summed E-state index contributed by atoms with van der Waals surface area (Å²) in [5, 5.41) is 7.10. The molecule has 0 amide bonds. The van der Waals surface area contributed by atoms with Crippen molar-refractivity contribution >= 4 is 28.7 Å². The molecule has 4 heteroatoms. The minimum atomic E-state index is 0.481. The molecule has 0 spiro atoms. The SMILES string of the molecule is CCC(C)c1ccccc1NC(=S)Nc1cc(C)ccc1OC. The summed E-state index contributed by atoms with van der Waals surface area (Å²) in [5.74, 6) is 1.25. The van der Waals surface area contributed by atoms with Crippen molar-refractivity contribution in [2.75, 3.05) is 17.7 Å². The van der Waals surface area contributed by atoms with Gasteiger partial charge in [0.05, 0.1) is 12.8 Å². The minimum Gasteiger partial charge on any atom is -0.495 e. The summed E-state index contributed by atoms with van der Waals surface area (Å²) >= 11 is 5.47. The third kappa shape index (κ3) is 4.45. The fourth-order valence-corrected chi connectivity index (χ4v) is 2.68. The summed E-state index contributed by atoms with van der Waals surface area (Å²) in [6.45, 7) is 6.45. The van der Waals surface area contributed by atoms with Crippen LogP contribution in [0, 0.1) is 6.92 Å². The van der Waals surface area contributed by atoms with Crippen LogP contribution in [0.5, 0.6) is 5.75 Å². The van der Waals surface area contributed by atoms with Gasteiger partial charge >= 0.3 is 0 Å². The zero-order chi connectivity index (χ0) is 16.8. The third-order valence-electron chi connectivity index (χ3n) is 3.96. The highest BCUT2D eigenvalue weighted by atomic mass is 32.1. The summed E-state index contributed by atoms with van der Waals surface area (Å²) in [5.41, 5.74) is 4.34. The monoisotopic (exact) mass is 328 g/mol. The molecule has 2 N–H and O–H groups in total. The molecular weight excluding hydrogens is 304 g/mol. The molecule has 2 aromatic rings. The zero-order valence-electron chi connectivity index (χ0n) is 14.1. The molecule has 0 saturated heterocycles. The third-order valence-corrected chi connectivity index (χ3v) is 4.16. The molecule has 0 aliphatic rings. The average Bonchev–Trinajstić information content (AvgIpc) is 2.55. The molecule has 0 bridgehead atoms. The van der Waals surface area contributed by atoms with Crippen LogP contribution in [0.2, 0.25) is 0 Å². The molecule has 0 heterocycles. The highest BCUT2D eigenvalue weighted by Gasteiger charge is 2.10. The van der Waals surface area contributed by atoms with Crippen molar-refractivity contribution in [2.24, 2.45) is 0 Å². The standard InChI is InChI=1S/C19H24N2OS/c1-5-14(3)15-8-6-7-9-16(15)20-19(23)21-17-12-13(2)10-11-18(17)22-4/h6-12,14H,5H2,1-4H3,(H2,20,21,23). The average molecular weight is 328 g/mol. The van der Waals surface area contributed by atoms with Crippen LogP contribution >= 0.6 is 12.2 Å². The Hall–Kier alpha value is -2.07. The Kier molecular flexibility index (Phi) is 5.99. The van der Waals surface area contributed by atoms with E-state index in [0.717, 1.165) is 29.1 Å². The van der Waals surface area contributed by atoms with Crippen LogP contribution in [0.15, 0.2) is 42.5 Å². The minimum absolute atomic E-state index is 0.481. The number of thiocarbonyl (C=S) groups is 1. The van der Waals surface area contributed by atoms with Gasteiger partial charge in [-0.2, -0.15) is 0 Å². The van der Waals surface area contributed by atoms with E-state index in [-0.39, 0.29) is 0 Å². The first kappa shape index (κ1) is 17.3. The van der Waals surface area contributed by atoms with Gasteiger partial charge in [-0.05, 0) is 60.8 Å². The predicted molar refractivity (Wildman–Crippen MR) is 103 cm³/mol. The van der Waals surface area contributed by atoms with E-state index in [4.69, 9.17) is 17.0 Å². The number of para-hydroxylation sites is 1. The lowest BCUT2D eigenvalue weighted by Crippen LogP contribution is -2.20. The van der Waals surface area contributed by atoms with Crippen molar-refractivity contribution in [3.63, 3.8) is 0 Å². The van der Waals surface area contributed by atoms with Crippen molar-refractivity contribution in [1.29, 1.82) is 0 Å². The van der Waals surface area contributed by atoms with E-state index in [0.29, 0.717) is 11.0 Å². The van der Waals surface area contributed by atoms with Crippen LogP contribution in [0.4, 0.5) is 11.4 Å². The molecule has 0 aliphatic heterocycles. The van der Waals surface area contributed by atoms with E-state index in [2.05, 4.69) is 42.7 Å². The molecular formula is C19H24N2OS. The van der Waals surface area contributed by atoms with E-state index in [1.165, 1.54) is 5.56 Å². The Morgan fingerprint density at radius 2 is 1.83 bits per heavy atom. The topological polar surface area (TPSA) is 33.3 Å². The van der Waals surface area contributed by atoms with E-state index in [1.54, 1.807) is 7.11 Å². The molecule has 0 radical (unpaired) electrons. The maximum absolute atomic E-state index is 5.47. The van der Waals surface area contributed by atoms with Gasteiger partial charge in [0, 0.05) is 5.69 Å². The van der Waals surface area contributed by atoms with Crippen molar-refractivity contribution in [2.45, 2.75) is 33.1 Å². The number of nitrogens with one attached hydrogen (secondary N) is 2. The van der Waals surface area contributed by atoms with Gasteiger partial charge < -0.3 is 15.4 Å². The van der Waals surface area contributed by atoms with Crippen LogP contribution in [-0.4, -0.2) is 12.2 Å². The molecule has 1 unspecified atom stereocenters. The van der Waals surface area contributed by atoms with Gasteiger partial charge in [-0.15, -0.1) is 0 Å².